The molecule has 0 N–H and O–H groups in total. The van der Waals surface area contributed by atoms with Gasteiger partial charge in [-0.25, -0.2) is 0 Å². The molecule has 0 atom stereocenters. The molecule has 1 saturated heterocycles. The molecule has 0 spiro atoms. The second-order valence-corrected chi connectivity index (χ2v) is 4.87. The van der Waals surface area contributed by atoms with Crippen molar-refractivity contribution in [1.29, 1.82) is 0 Å². The van der Waals surface area contributed by atoms with Crippen LogP contribution in [0.2, 0.25) is 0 Å². The SMILES string of the molecule is CCN1CCN(CC(=O)c2cccc(OC)c2)CC1. The molecule has 1 aliphatic rings. The smallest absolute Gasteiger partial charge is 0.176 e. The second-order valence-electron chi connectivity index (χ2n) is 4.87. The van der Waals surface area contributed by atoms with Crippen molar-refractivity contribution in [2.45, 2.75) is 6.92 Å². The lowest BCUT2D eigenvalue weighted by Crippen LogP contribution is -2.47. The first-order chi connectivity index (χ1) is 9.22. The van der Waals surface area contributed by atoms with E-state index < -0.39 is 0 Å². The highest BCUT2D eigenvalue weighted by atomic mass is 16.5. The van der Waals surface area contributed by atoms with E-state index in [4.69, 9.17) is 4.74 Å². The van der Waals surface area contributed by atoms with Crippen LogP contribution in [-0.4, -0.2) is 62.0 Å². The molecule has 2 rings (SSSR count). The molecule has 1 heterocycles. The monoisotopic (exact) mass is 262 g/mol. The molecule has 0 radical (unpaired) electrons. The van der Waals surface area contributed by atoms with Crippen LogP contribution in [0.4, 0.5) is 0 Å². The average Bonchev–Trinajstić information content (AvgIpc) is 2.48. The van der Waals surface area contributed by atoms with Crippen LogP contribution in [0.15, 0.2) is 24.3 Å². The minimum atomic E-state index is 0.170. The molecule has 1 fully saturated rings. The van der Waals surface area contributed by atoms with E-state index in [2.05, 4.69) is 16.7 Å². The van der Waals surface area contributed by atoms with Crippen LogP contribution < -0.4 is 4.74 Å². The van der Waals surface area contributed by atoms with Gasteiger partial charge in [-0.1, -0.05) is 19.1 Å². The molecule has 0 aromatic heterocycles. The van der Waals surface area contributed by atoms with Crippen LogP contribution in [0.5, 0.6) is 5.75 Å². The Labute approximate surface area is 115 Å². The topological polar surface area (TPSA) is 32.8 Å². The van der Waals surface area contributed by atoms with Crippen LogP contribution in [-0.2, 0) is 0 Å². The third-order valence-corrected chi connectivity index (χ3v) is 3.67. The van der Waals surface area contributed by atoms with Crippen LogP contribution in [0.25, 0.3) is 0 Å². The van der Waals surface area contributed by atoms with Crippen molar-refractivity contribution in [1.82, 2.24) is 9.80 Å². The Bertz CT molecular complexity index is 426. The number of benzene rings is 1. The van der Waals surface area contributed by atoms with Gasteiger partial charge in [0.15, 0.2) is 5.78 Å². The summed E-state index contributed by atoms with van der Waals surface area (Å²) in [7, 11) is 1.62. The van der Waals surface area contributed by atoms with E-state index >= 15 is 0 Å². The van der Waals surface area contributed by atoms with Crippen molar-refractivity contribution in [2.75, 3.05) is 46.4 Å². The fourth-order valence-corrected chi connectivity index (χ4v) is 2.35. The first-order valence-electron chi connectivity index (χ1n) is 6.85. The zero-order chi connectivity index (χ0) is 13.7. The summed E-state index contributed by atoms with van der Waals surface area (Å²) >= 11 is 0. The first-order valence-corrected chi connectivity index (χ1v) is 6.85. The molecule has 0 unspecified atom stereocenters. The second kappa shape index (κ2) is 6.68. The van der Waals surface area contributed by atoms with Crippen molar-refractivity contribution < 1.29 is 9.53 Å². The Balaban J connectivity index is 1.90. The summed E-state index contributed by atoms with van der Waals surface area (Å²) in [6.07, 6.45) is 0. The number of hydrogen-bond acceptors (Lipinski definition) is 4. The van der Waals surface area contributed by atoms with E-state index in [0.717, 1.165) is 44.0 Å². The van der Waals surface area contributed by atoms with Crippen molar-refractivity contribution in [3.05, 3.63) is 29.8 Å². The third-order valence-electron chi connectivity index (χ3n) is 3.67. The van der Waals surface area contributed by atoms with E-state index in [1.54, 1.807) is 7.11 Å². The first kappa shape index (κ1) is 14.0. The minimum Gasteiger partial charge on any atom is -0.497 e. The Kier molecular flexibility index (Phi) is 4.93. The van der Waals surface area contributed by atoms with Gasteiger partial charge in [0.2, 0.25) is 0 Å². The quantitative estimate of drug-likeness (QED) is 0.753. The maximum absolute atomic E-state index is 12.2. The van der Waals surface area contributed by atoms with Crippen LogP contribution in [0.3, 0.4) is 0 Å². The fourth-order valence-electron chi connectivity index (χ4n) is 2.35. The molecule has 19 heavy (non-hydrogen) atoms. The summed E-state index contributed by atoms with van der Waals surface area (Å²) in [5.74, 6) is 0.908. The van der Waals surface area contributed by atoms with Crippen molar-refractivity contribution in [3.63, 3.8) is 0 Å². The number of hydrogen-bond donors (Lipinski definition) is 0. The van der Waals surface area contributed by atoms with Crippen LogP contribution >= 0.6 is 0 Å². The molecule has 104 valence electrons. The molecule has 0 aliphatic carbocycles. The molecule has 4 heteroatoms. The maximum Gasteiger partial charge on any atom is 0.176 e. The Hall–Kier alpha value is -1.39. The third kappa shape index (κ3) is 3.78. The van der Waals surface area contributed by atoms with Crippen LogP contribution in [0, 0.1) is 0 Å². The van der Waals surface area contributed by atoms with Gasteiger partial charge in [-0.3, -0.25) is 9.69 Å². The van der Waals surface area contributed by atoms with Gasteiger partial charge in [0.05, 0.1) is 13.7 Å². The molecule has 1 aromatic rings. The number of ether oxygens (including phenoxy) is 1. The molecule has 1 aromatic carbocycles. The van der Waals surface area contributed by atoms with Crippen LogP contribution in [0.1, 0.15) is 17.3 Å². The lowest BCUT2D eigenvalue weighted by Gasteiger charge is -2.33. The van der Waals surface area contributed by atoms with Gasteiger partial charge in [0.1, 0.15) is 5.75 Å². The number of likely N-dealkylation sites (N-methyl/N-ethyl adjacent to an activating group) is 1. The van der Waals surface area contributed by atoms with E-state index in [1.807, 2.05) is 24.3 Å². The van der Waals surface area contributed by atoms with Gasteiger partial charge >= 0.3 is 0 Å². The summed E-state index contributed by atoms with van der Waals surface area (Å²) in [5, 5.41) is 0. The molecule has 4 nitrogen and oxygen atoms in total. The van der Waals surface area contributed by atoms with Crippen molar-refractivity contribution >= 4 is 5.78 Å². The standard InChI is InChI=1S/C15H22N2O2/c1-3-16-7-9-17(10-8-16)12-15(18)13-5-4-6-14(11-13)19-2/h4-6,11H,3,7-10,12H2,1-2H3. The highest BCUT2D eigenvalue weighted by molar-refractivity contribution is 5.97. The predicted octanol–water partition coefficient (Wildman–Crippen LogP) is 1.52. The largest absolute Gasteiger partial charge is 0.497 e. The zero-order valence-electron chi connectivity index (χ0n) is 11.8. The summed E-state index contributed by atoms with van der Waals surface area (Å²) in [5.41, 5.74) is 0.734. The molecule has 0 amide bonds. The van der Waals surface area contributed by atoms with Gasteiger partial charge < -0.3 is 9.64 Å². The number of ketones is 1. The molecule has 0 saturated carbocycles. The normalized spacial score (nSPS) is 17.4. The molecular formula is C15H22N2O2. The number of methoxy groups -OCH3 is 1. The molecule has 0 bridgehead atoms. The average molecular weight is 262 g/mol. The molecule has 1 aliphatic heterocycles. The van der Waals surface area contributed by atoms with E-state index in [9.17, 15) is 4.79 Å². The summed E-state index contributed by atoms with van der Waals surface area (Å²) in [4.78, 5) is 16.9. The maximum atomic E-state index is 12.2. The number of carbonyl (C=O) groups is 1. The molecular weight excluding hydrogens is 240 g/mol. The van der Waals surface area contributed by atoms with Crippen molar-refractivity contribution in [2.24, 2.45) is 0 Å². The number of nitrogens with zero attached hydrogens (tertiary/aromatic N) is 2. The highest BCUT2D eigenvalue weighted by Crippen LogP contribution is 2.13. The Morgan fingerprint density at radius 2 is 1.89 bits per heavy atom. The fraction of sp³-hybridized carbons (Fsp3) is 0.533. The minimum absolute atomic E-state index is 0.170. The number of carbonyl (C=O) groups excluding carboxylic acids is 1. The van der Waals surface area contributed by atoms with Crippen molar-refractivity contribution in [3.8, 4) is 5.75 Å². The van der Waals surface area contributed by atoms with Gasteiger partial charge in [0.25, 0.3) is 0 Å². The predicted molar refractivity (Wildman–Crippen MR) is 75.9 cm³/mol. The number of piperazine rings is 1. The van der Waals surface area contributed by atoms with Gasteiger partial charge in [0, 0.05) is 31.7 Å². The Morgan fingerprint density at radius 3 is 2.53 bits per heavy atom. The lowest BCUT2D eigenvalue weighted by molar-refractivity contribution is 0.0859. The summed E-state index contributed by atoms with van der Waals surface area (Å²) < 4.78 is 5.15. The van der Waals surface area contributed by atoms with E-state index in [1.165, 1.54) is 0 Å². The summed E-state index contributed by atoms with van der Waals surface area (Å²) in [6.45, 7) is 7.84. The highest BCUT2D eigenvalue weighted by Gasteiger charge is 2.18. The lowest BCUT2D eigenvalue weighted by atomic mass is 10.1. The number of Topliss-reactive ketones (excluding diaryl/α,β-unsaturated/α-hetero) is 1. The van der Waals surface area contributed by atoms with E-state index in [-0.39, 0.29) is 5.78 Å². The summed E-state index contributed by atoms with van der Waals surface area (Å²) in [6, 6.07) is 7.38. The Morgan fingerprint density at radius 1 is 1.21 bits per heavy atom. The zero-order valence-corrected chi connectivity index (χ0v) is 11.8. The van der Waals surface area contributed by atoms with Gasteiger partial charge in [-0.2, -0.15) is 0 Å². The van der Waals surface area contributed by atoms with E-state index in [0.29, 0.717) is 6.54 Å². The number of rotatable bonds is 5. The van der Waals surface area contributed by atoms with Gasteiger partial charge in [-0.05, 0) is 18.7 Å². The van der Waals surface area contributed by atoms with Gasteiger partial charge in [-0.15, -0.1) is 0 Å².